The third kappa shape index (κ3) is 3.92. The van der Waals surface area contributed by atoms with Crippen LogP contribution in [0.2, 0.25) is 0 Å². The van der Waals surface area contributed by atoms with E-state index in [1.54, 1.807) is 17.0 Å². The topological polar surface area (TPSA) is 83.6 Å². The summed E-state index contributed by atoms with van der Waals surface area (Å²) in [6, 6.07) is 16.3. The van der Waals surface area contributed by atoms with Gasteiger partial charge < -0.3 is 5.32 Å². The van der Waals surface area contributed by atoms with Crippen LogP contribution in [0.5, 0.6) is 0 Å². The number of carbonyl (C=O) groups is 1. The molecular formula is C19H16FN5O. The van der Waals surface area contributed by atoms with Crippen molar-refractivity contribution in [1.82, 2.24) is 20.1 Å². The molecule has 0 aliphatic rings. The Balaban J connectivity index is 1.64. The molecule has 7 heteroatoms. The fourth-order valence-corrected chi connectivity index (χ4v) is 2.58. The van der Waals surface area contributed by atoms with E-state index < -0.39 is 11.9 Å². The van der Waals surface area contributed by atoms with Crippen LogP contribution in [-0.2, 0) is 11.2 Å². The second-order valence-corrected chi connectivity index (χ2v) is 5.60. The highest BCUT2D eigenvalue weighted by atomic mass is 19.1. The average molecular weight is 349 g/mol. The number of aryl methyl sites for hydroxylation is 1. The van der Waals surface area contributed by atoms with E-state index in [4.69, 9.17) is 0 Å². The van der Waals surface area contributed by atoms with Gasteiger partial charge in [-0.25, -0.2) is 4.39 Å². The van der Waals surface area contributed by atoms with Crippen LogP contribution in [0.4, 0.5) is 4.39 Å². The maximum absolute atomic E-state index is 13.8. The number of amides is 1. The zero-order valence-electron chi connectivity index (χ0n) is 13.8. The van der Waals surface area contributed by atoms with Gasteiger partial charge in [-0.05, 0) is 18.2 Å². The summed E-state index contributed by atoms with van der Waals surface area (Å²) >= 11 is 0. The first-order valence-electron chi connectivity index (χ1n) is 8.07. The van der Waals surface area contributed by atoms with Gasteiger partial charge in [-0.3, -0.25) is 9.36 Å². The first kappa shape index (κ1) is 17.3. The van der Waals surface area contributed by atoms with Gasteiger partial charge in [-0.2, -0.15) is 5.26 Å². The minimum Gasteiger partial charge on any atom is -0.337 e. The highest BCUT2D eigenvalue weighted by Gasteiger charge is 2.18. The second kappa shape index (κ2) is 8.03. The highest BCUT2D eigenvalue weighted by Crippen LogP contribution is 2.16. The Bertz CT molecular complexity index is 932. The quantitative estimate of drug-likeness (QED) is 0.742. The van der Waals surface area contributed by atoms with Crippen molar-refractivity contribution in [3.63, 3.8) is 0 Å². The lowest BCUT2D eigenvalue weighted by Gasteiger charge is -2.13. The second-order valence-electron chi connectivity index (χ2n) is 5.60. The summed E-state index contributed by atoms with van der Waals surface area (Å²) in [5, 5.41) is 19.7. The third-order valence-electron chi connectivity index (χ3n) is 3.88. The molecule has 26 heavy (non-hydrogen) atoms. The summed E-state index contributed by atoms with van der Waals surface area (Å²) in [6.45, 7) is 0. The van der Waals surface area contributed by atoms with Gasteiger partial charge in [-0.1, -0.05) is 36.4 Å². The van der Waals surface area contributed by atoms with Gasteiger partial charge in [0.1, 0.15) is 24.0 Å². The predicted octanol–water partition coefficient (Wildman–Crippen LogP) is 2.72. The van der Waals surface area contributed by atoms with Gasteiger partial charge in [0.05, 0.1) is 6.07 Å². The highest BCUT2D eigenvalue weighted by molar-refractivity contribution is 5.77. The van der Waals surface area contributed by atoms with Crippen LogP contribution < -0.4 is 5.32 Å². The van der Waals surface area contributed by atoms with Crippen LogP contribution in [0.15, 0.2) is 60.9 Å². The summed E-state index contributed by atoms with van der Waals surface area (Å²) in [7, 11) is 0. The lowest BCUT2D eigenvalue weighted by Crippen LogP contribution is -2.28. The standard InChI is InChI=1S/C19H16FN5O/c20-16-9-5-4-8-15(16)17(12-21)23-19(26)11-10-18-24-22-13-25(18)14-6-2-1-3-7-14/h1-9,13,17H,10-11H2,(H,23,26)/t17-/m0/s1. The van der Waals surface area contributed by atoms with E-state index in [0.717, 1.165) is 5.69 Å². The molecule has 0 aliphatic heterocycles. The van der Waals surface area contributed by atoms with Gasteiger partial charge in [0.2, 0.25) is 5.91 Å². The molecule has 0 saturated carbocycles. The maximum Gasteiger partial charge on any atom is 0.221 e. The van der Waals surface area contributed by atoms with Crippen LogP contribution in [0.25, 0.3) is 5.69 Å². The SMILES string of the molecule is N#C[C@H](NC(=O)CCc1nncn1-c1ccccc1)c1ccccc1F. The van der Waals surface area contributed by atoms with Crippen LogP contribution in [-0.4, -0.2) is 20.7 Å². The molecule has 1 N–H and O–H groups in total. The van der Waals surface area contributed by atoms with Crippen molar-refractivity contribution in [3.8, 4) is 11.8 Å². The molecule has 1 amide bonds. The van der Waals surface area contributed by atoms with Crippen molar-refractivity contribution in [3.05, 3.63) is 78.1 Å². The fourth-order valence-electron chi connectivity index (χ4n) is 2.58. The van der Waals surface area contributed by atoms with Gasteiger partial charge in [0.15, 0.2) is 0 Å². The summed E-state index contributed by atoms with van der Waals surface area (Å²) in [5.74, 6) is -0.253. The molecule has 0 aliphatic carbocycles. The molecule has 0 radical (unpaired) electrons. The normalized spacial score (nSPS) is 11.5. The monoisotopic (exact) mass is 349 g/mol. The summed E-state index contributed by atoms with van der Waals surface area (Å²) < 4.78 is 15.6. The van der Waals surface area contributed by atoms with Crippen molar-refractivity contribution < 1.29 is 9.18 Å². The number of hydrogen-bond donors (Lipinski definition) is 1. The van der Waals surface area contributed by atoms with Crippen molar-refractivity contribution in [2.24, 2.45) is 0 Å². The number of para-hydroxylation sites is 1. The molecular weight excluding hydrogens is 333 g/mol. The van der Waals surface area contributed by atoms with Crippen LogP contribution >= 0.6 is 0 Å². The summed E-state index contributed by atoms with van der Waals surface area (Å²) in [4.78, 5) is 12.2. The molecule has 0 spiro atoms. The molecule has 3 aromatic rings. The average Bonchev–Trinajstić information content (AvgIpc) is 3.14. The Morgan fingerprint density at radius 2 is 1.92 bits per heavy atom. The number of aromatic nitrogens is 3. The first-order chi connectivity index (χ1) is 12.7. The lowest BCUT2D eigenvalue weighted by atomic mass is 10.1. The van der Waals surface area contributed by atoms with E-state index in [2.05, 4.69) is 15.5 Å². The number of benzene rings is 2. The Hall–Kier alpha value is -3.53. The van der Waals surface area contributed by atoms with Gasteiger partial charge in [-0.15, -0.1) is 10.2 Å². The van der Waals surface area contributed by atoms with Crippen molar-refractivity contribution >= 4 is 5.91 Å². The van der Waals surface area contributed by atoms with Crippen LogP contribution in [0.1, 0.15) is 23.9 Å². The molecule has 6 nitrogen and oxygen atoms in total. The Morgan fingerprint density at radius 1 is 1.19 bits per heavy atom. The zero-order valence-corrected chi connectivity index (χ0v) is 13.8. The van der Waals surface area contributed by atoms with Gasteiger partial charge in [0, 0.05) is 24.1 Å². The fraction of sp³-hybridized carbons (Fsp3) is 0.158. The molecule has 2 aromatic carbocycles. The minimum absolute atomic E-state index is 0.109. The zero-order chi connectivity index (χ0) is 18.4. The van der Waals surface area contributed by atoms with E-state index in [1.807, 2.05) is 36.4 Å². The van der Waals surface area contributed by atoms with Crippen molar-refractivity contribution in [2.75, 3.05) is 0 Å². The molecule has 130 valence electrons. The molecule has 3 rings (SSSR count). The molecule has 0 fully saturated rings. The van der Waals surface area contributed by atoms with Gasteiger partial charge in [0.25, 0.3) is 0 Å². The van der Waals surface area contributed by atoms with Crippen LogP contribution in [0, 0.1) is 17.1 Å². The molecule has 1 heterocycles. The predicted molar refractivity (Wildman–Crippen MR) is 92.6 cm³/mol. The molecule has 0 saturated heterocycles. The number of nitrogens with one attached hydrogen (secondary N) is 1. The van der Waals surface area contributed by atoms with E-state index in [0.29, 0.717) is 12.2 Å². The third-order valence-corrected chi connectivity index (χ3v) is 3.88. The molecule has 0 unspecified atom stereocenters. The van der Waals surface area contributed by atoms with Gasteiger partial charge >= 0.3 is 0 Å². The molecule has 1 aromatic heterocycles. The Kier molecular flexibility index (Phi) is 5.34. The Morgan fingerprint density at radius 3 is 2.65 bits per heavy atom. The number of carbonyl (C=O) groups excluding carboxylic acids is 1. The maximum atomic E-state index is 13.8. The van der Waals surface area contributed by atoms with Crippen LogP contribution in [0.3, 0.4) is 0 Å². The molecule has 1 atom stereocenters. The number of nitrogens with zero attached hydrogens (tertiary/aromatic N) is 4. The summed E-state index contributed by atoms with van der Waals surface area (Å²) in [6.07, 6.45) is 2.04. The number of rotatable bonds is 6. The first-order valence-corrected chi connectivity index (χ1v) is 8.07. The summed E-state index contributed by atoms with van der Waals surface area (Å²) in [5.41, 5.74) is 1.05. The van der Waals surface area contributed by atoms with Crippen molar-refractivity contribution in [1.29, 1.82) is 5.26 Å². The number of halogens is 1. The van der Waals surface area contributed by atoms with E-state index in [-0.39, 0.29) is 17.9 Å². The van der Waals surface area contributed by atoms with E-state index in [1.165, 1.54) is 18.2 Å². The van der Waals surface area contributed by atoms with E-state index in [9.17, 15) is 14.4 Å². The Labute approximate surface area is 149 Å². The number of nitriles is 1. The minimum atomic E-state index is -1.03. The molecule has 0 bridgehead atoms. The largest absolute Gasteiger partial charge is 0.337 e. The number of hydrogen-bond acceptors (Lipinski definition) is 4. The lowest BCUT2D eigenvalue weighted by molar-refractivity contribution is -0.121. The van der Waals surface area contributed by atoms with Crippen molar-refractivity contribution in [2.45, 2.75) is 18.9 Å². The smallest absolute Gasteiger partial charge is 0.221 e. The van der Waals surface area contributed by atoms with E-state index >= 15 is 0 Å².